The quantitative estimate of drug-likeness (QED) is 0.254. The molecule has 1 N–H and O–H groups in total. The van der Waals surface area contributed by atoms with Gasteiger partial charge in [0.1, 0.15) is 6.04 Å². The van der Waals surface area contributed by atoms with E-state index in [0.29, 0.717) is 39.3 Å². The average Bonchev–Trinajstić information content (AvgIpc) is 2.90. The molecule has 0 saturated carbocycles. The van der Waals surface area contributed by atoms with Crippen LogP contribution in [-0.2, 0) is 32.6 Å². The smallest absolute Gasteiger partial charge is 0.243 e. The van der Waals surface area contributed by atoms with Crippen LogP contribution in [0.25, 0.3) is 0 Å². The van der Waals surface area contributed by atoms with Crippen LogP contribution in [0, 0.1) is 0 Å². The number of nitrogens with one attached hydrogen (secondary N) is 1. The summed E-state index contributed by atoms with van der Waals surface area (Å²) in [7, 11) is -3.61. The summed E-state index contributed by atoms with van der Waals surface area (Å²) >= 11 is 18.5. The summed E-state index contributed by atoms with van der Waals surface area (Å²) in [5, 5.41) is 4.17. The van der Waals surface area contributed by atoms with Crippen molar-refractivity contribution < 1.29 is 18.0 Å². The monoisotopic (exact) mass is 623 g/mol. The first-order valence-electron chi connectivity index (χ1n) is 12.8. The highest BCUT2D eigenvalue weighted by atomic mass is 35.5. The van der Waals surface area contributed by atoms with Crippen molar-refractivity contribution in [2.45, 2.75) is 38.8 Å². The fourth-order valence-electron chi connectivity index (χ4n) is 4.29. The van der Waals surface area contributed by atoms with Crippen LogP contribution < -0.4 is 9.62 Å². The lowest BCUT2D eigenvalue weighted by atomic mass is 10.0. The summed E-state index contributed by atoms with van der Waals surface area (Å²) < 4.78 is 26.3. The fraction of sp³-hybridized carbons (Fsp3) is 0.310. The summed E-state index contributed by atoms with van der Waals surface area (Å²) in [4.78, 5) is 28.6. The van der Waals surface area contributed by atoms with E-state index < -0.39 is 16.1 Å². The van der Waals surface area contributed by atoms with Gasteiger partial charge >= 0.3 is 0 Å². The molecule has 214 valence electrons. The molecule has 0 aromatic heterocycles. The highest BCUT2D eigenvalue weighted by Gasteiger charge is 2.30. The fourth-order valence-corrected chi connectivity index (χ4v) is 5.85. The predicted octanol–water partition coefficient (Wildman–Crippen LogP) is 5.97. The maximum absolute atomic E-state index is 13.8. The van der Waals surface area contributed by atoms with Crippen LogP contribution in [-0.4, -0.2) is 50.5 Å². The maximum atomic E-state index is 13.8. The average molecular weight is 625 g/mol. The number of carbonyl (C=O) groups is 2. The molecule has 7 nitrogen and oxygen atoms in total. The van der Waals surface area contributed by atoms with Crippen LogP contribution in [0.4, 0.5) is 5.69 Å². The zero-order valence-electron chi connectivity index (χ0n) is 22.3. The number of benzene rings is 3. The van der Waals surface area contributed by atoms with Gasteiger partial charge < -0.3 is 10.2 Å². The van der Waals surface area contributed by atoms with Gasteiger partial charge in [-0.3, -0.25) is 13.9 Å². The molecule has 2 amide bonds. The van der Waals surface area contributed by atoms with E-state index in [2.05, 4.69) is 5.32 Å². The van der Waals surface area contributed by atoms with Crippen molar-refractivity contribution in [3.63, 3.8) is 0 Å². The summed E-state index contributed by atoms with van der Waals surface area (Å²) in [5.74, 6) is -0.591. The van der Waals surface area contributed by atoms with Crippen molar-refractivity contribution in [3.8, 4) is 0 Å². The molecule has 0 heterocycles. The minimum Gasteiger partial charge on any atom is -0.355 e. The number of hydrogen-bond donors (Lipinski definition) is 1. The maximum Gasteiger partial charge on any atom is 0.243 e. The predicted molar refractivity (Wildman–Crippen MR) is 163 cm³/mol. The summed E-state index contributed by atoms with van der Waals surface area (Å²) in [6.45, 7) is 2.37. The minimum absolute atomic E-state index is 0.00944. The molecule has 1 atom stereocenters. The third-order valence-corrected chi connectivity index (χ3v) is 8.28. The van der Waals surface area contributed by atoms with Crippen LogP contribution in [0.1, 0.15) is 30.9 Å². The molecule has 40 heavy (non-hydrogen) atoms. The molecule has 0 unspecified atom stereocenters. The van der Waals surface area contributed by atoms with Gasteiger partial charge in [-0.15, -0.1) is 0 Å². The van der Waals surface area contributed by atoms with E-state index in [1.807, 2.05) is 37.3 Å². The van der Waals surface area contributed by atoms with E-state index in [4.69, 9.17) is 34.8 Å². The van der Waals surface area contributed by atoms with Crippen molar-refractivity contribution in [1.82, 2.24) is 10.2 Å². The third-order valence-electron chi connectivity index (χ3n) is 6.24. The second-order valence-corrected chi connectivity index (χ2v) is 12.5. The molecule has 0 spiro atoms. The molecule has 0 aliphatic rings. The number of anilines is 1. The molecular formula is C29H32Cl3N3O4S. The number of rotatable bonds is 13. The first-order chi connectivity index (χ1) is 19.0. The van der Waals surface area contributed by atoms with Gasteiger partial charge in [0.15, 0.2) is 0 Å². The molecule has 0 aliphatic heterocycles. The number of hydrogen-bond acceptors (Lipinski definition) is 4. The zero-order valence-corrected chi connectivity index (χ0v) is 25.4. The van der Waals surface area contributed by atoms with Crippen LogP contribution in [0.2, 0.25) is 15.1 Å². The Morgan fingerprint density at radius 1 is 0.925 bits per heavy atom. The lowest BCUT2D eigenvalue weighted by Gasteiger charge is -2.32. The van der Waals surface area contributed by atoms with Crippen LogP contribution in [0.15, 0.2) is 72.8 Å². The number of amides is 2. The van der Waals surface area contributed by atoms with Gasteiger partial charge in [0.2, 0.25) is 21.8 Å². The Morgan fingerprint density at radius 2 is 1.57 bits per heavy atom. The Kier molecular flexibility index (Phi) is 11.7. The van der Waals surface area contributed by atoms with Crippen LogP contribution >= 0.6 is 34.8 Å². The number of likely N-dealkylation sites (N-methyl/N-ethyl adjacent to an activating group) is 1. The molecule has 0 saturated heterocycles. The van der Waals surface area contributed by atoms with Gasteiger partial charge in [-0.1, -0.05) is 71.2 Å². The topological polar surface area (TPSA) is 86.8 Å². The molecule has 0 radical (unpaired) electrons. The van der Waals surface area contributed by atoms with Gasteiger partial charge in [0.25, 0.3) is 0 Å². The van der Waals surface area contributed by atoms with Crippen LogP contribution in [0.5, 0.6) is 0 Å². The molecule has 11 heteroatoms. The van der Waals surface area contributed by atoms with Gasteiger partial charge in [0.05, 0.1) is 11.9 Å². The summed E-state index contributed by atoms with van der Waals surface area (Å²) in [5.41, 5.74) is 1.99. The molecule has 3 aromatic carbocycles. The van der Waals surface area contributed by atoms with Crippen molar-refractivity contribution in [3.05, 3.63) is 99.0 Å². The number of carbonyl (C=O) groups excluding carboxylic acids is 2. The van der Waals surface area contributed by atoms with Crippen LogP contribution in [0.3, 0.4) is 0 Å². The Hall–Kier alpha value is -2.78. The normalized spacial score (nSPS) is 12.0. The Balaban J connectivity index is 1.88. The van der Waals surface area contributed by atoms with Crippen molar-refractivity contribution in [2.75, 3.05) is 23.7 Å². The van der Waals surface area contributed by atoms with Gasteiger partial charge in [-0.05, 0) is 60.9 Å². The van der Waals surface area contributed by atoms with E-state index in [-0.39, 0.29) is 37.7 Å². The molecule has 0 fully saturated rings. The van der Waals surface area contributed by atoms with E-state index in [1.54, 1.807) is 42.5 Å². The second kappa shape index (κ2) is 14.7. The highest BCUT2D eigenvalue weighted by molar-refractivity contribution is 7.92. The van der Waals surface area contributed by atoms with Gasteiger partial charge in [-0.2, -0.15) is 0 Å². The van der Waals surface area contributed by atoms with Crippen molar-refractivity contribution in [2.24, 2.45) is 0 Å². The zero-order chi connectivity index (χ0) is 29.3. The lowest BCUT2D eigenvalue weighted by Crippen LogP contribution is -2.50. The third kappa shape index (κ3) is 9.13. The van der Waals surface area contributed by atoms with E-state index in [1.165, 1.54) is 9.21 Å². The molecule has 3 aromatic rings. The first kappa shape index (κ1) is 31.7. The minimum atomic E-state index is -3.61. The molecule has 3 rings (SSSR count). The Bertz CT molecular complexity index is 1400. The lowest BCUT2D eigenvalue weighted by molar-refractivity contribution is -0.141. The van der Waals surface area contributed by atoms with E-state index in [9.17, 15) is 18.0 Å². The number of nitrogens with zero attached hydrogens (tertiary/aromatic N) is 2. The Morgan fingerprint density at radius 3 is 2.17 bits per heavy atom. The van der Waals surface area contributed by atoms with E-state index in [0.717, 1.165) is 11.8 Å². The molecule has 0 aliphatic carbocycles. The second-order valence-electron chi connectivity index (χ2n) is 9.27. The summed E-state index contributed by atoms with van der Waals surface area (Å²) in [6, 6.07) is 20.1. The van der Waals surface area contributed by atoms with E-state index >= 15 is 0 Å². The summed E-state index contributed by atoms with van der Waals surface area (Å²) in [6.07, 6.45) is 1.65. The standard InChI is InChI=1S/C29H32Cl3N3O4S/c1-3-33-29(37)27(18-21-8-5-4-6-9-21)34(20-22-11-12-24(31)19-26(22)32)28(36)10-7-17-35(40(2,38)39)25-15-13-23(30)14-16-25/h4-6,8-9,11-16,19,27H,3,7,10,17-18,20H2,1-2H3,(H,33,37)/t27-/m0/s1. The van der Waals surface area contributed by atoms with Crippen molar-refractivity contribution in [1.29, 1.82) is 0 Å². The SMILES string of the molecule is CCNC(=O)[C@H](Cc1ccccc1)N(Cc1ccc(Cl)cc1Cl)C(=O)CCCN(c1ccc(Cl)cc1)S(C)(=O)=O. The molecular weight excluding hydrogens is 593 g/mol. The Labute approximate surface area is 251 Å². The van der Waals surface area contributed by atoms with Gasteiger partial charge in [-0.25, -0.2) is 8.42 Å². The van der Waals surface area contributed by atoms with Gasteiger partial charge in [0, 0.05) is 47.5 Å². The largest absolute Gasteiger partial charge is 0.355 e. The highest BCUT2D eigenvalue weighted by Crippen LogP contribution is 2.25. The van der Waals surface area contributed by atoms with Crippen molar-refractivity contribution >= 4 is 62.3 Å². The first-order valence-corrected chi connectivity index (χ1v) is 15.8. The number of halogens is 3. The molecule has 0 bridgehead atoms. The number of sulfonamides is 1.